The van der Waals surface area contributed by atoms with Crippen molar-refractivity contribution in [2.24, 2.45) is 0 Å². The standard InChI is InChI=1S/C11H10FNO2S/c1-6-11(15)16-10(13-6)9(14)7-4-2-3-5-8(7)12/h2-5,9,14-15H,1H3. The summed E-state index contributed by atoms with van der Waals surface area (Å²) in [4.78, 5) is 3.98. The minimum absolute atomic E-state index is 0.0467. The first-order chi connectivity index (χ1) is 7.59. The normalized spacial score (nSPS) is 12.7. The summed E-state index contributed by atoms with van der Waals surface area (Å²) in [5, 5.41) is 19.6. The van der Waals surface area contributed by atoms with E-state index in [2.05, 4.69) is 4.98 Å². The van der Waals surface area contributed by atoms with Crippen LogP contribution in [0.25, 0.3) is 0 Å². The van der Waals surface area contributed by atoms with Gasteiger partial charge in [0.25, 0.3) is 0 Å². The number of halogens is 1. The maximum atomic E-state index is 13.4. The highest BCUT2D eigenvalue weighted by Gasteiger charge is 2.19. The molecule has 2 aromatic rings. The summed E-state index contributed by atoms with van der Waals surface area (Å²) in [5.74, 6) is -0.484. The number of benzene rings is 1. The summed E-state index contributed by atoms with van der Waals surface area (Å²) < 4.78 is 13.4. The predicted octanol–water partition coefficient (Wildman–Crippen LogP) is 2.38. The van der Waals surface area contributed by atoms with Crippen molar-refractivity contribution in [3.63, 3.8) is 0 Å². The molecule has 0 aliphatic heterocycles. The second-order valence-corrected chi connectivity index (χ2v) is 4.38. The largest absolute Gasteiger partial charge is 0.498 e. The van der Waals surface area contributed by atoms with Crippen LogP contribution in [0.2, 0.25) is 0 Å². The molecular formula is C11H10FNO2S. The number of aliphatic hydroxyl groups is 1. The van der Waals surface area contributed by atoms with Crippen LogP contribution in [0, 0.1) is 12.7 Å². The Morgan fingerprint density at radius 1 is 1.38 bits per heavy atom. The van der Waals surface area contributed by atoms with Gasteiger partial charge in [0.1, 0.15) is 16.9 Å². The van der Waals surface area contributed by atoms with Crippen LogP contribution in [0.15, 0.2) is 24.3 Å². The van der Waals surface area contributed by atoms with Gasteiger partial charge in [0.2, 0.25) is 0 Å². The summed E-state index contributed by atoms with van der Waals surface area (Å²) in [6, 6.07) is 5.96. The van der Waals surface area contributed by atoms with Gasteiger partial charge in [-0.1, -0.05) is 29.5 Å². The van der Waals surface area contributed by atoms with E-state index in [1.54, 1.807) is 19.1 Å². The zero-order chi connectivity index (χ0) is 11.7. The van der Waals surface area contributed by atoms with E-state index in [0.29, 0.717) is 10.7 Å². The zero-order valence-corrected chi connectivity index (χ0v) is 9.33. The third-order valence-corrected chi connectivity index (χ3v) is 3.23. The molecule has 2 N–H and O–H groups in total. The molecule has 16 heavy (non-hydrogen) atoms. The molecule has 0 bridgehead atoms. The van der Waals surface area contributed by atoms with Gasteiger partial charge in [0, 0.05) is 5.56 Å². The number of aromatic nitrogens is 1. The van der Waals surface area contributed by atoms with E-state index in [0.717, 1.165) is 11.3 Å². The van der Waals surface area contributed by atoms with Gasteiger partial charge in [-0.3, -0.25) is 0 Å². The molecule has 0 radical (unpaired) electrons. The number of nitrogens with zero attached hydrogens (tertiary/aromatic N) is 1. The molecule has 2 rings (SSSR count). The molecule has 0 spiro atoms. The van der Waals surface area contributed by atoms with Crippen LogP contribution in [-0.4, -0.2) is 15.2 Å². The summed E-state index contributed by atoms with van der Waals surface area (Å²) in [6.07, 6.45) is -1.13. The molecule has 1 unspecified atom stereocenters. The Kier molecular flexibility index (Phi) is 2.89. The minimum atomic E-state index is -1.13. The van der Waals surface area contributed by atoms with Gasteiger partial charge in [-0.2, -0.15) is 0 Å². The Labute approximate surface area is 95.8 Å². The molecule has 0 amide bonds. The first-order valence-corrected chi connectivity index (χ1v) is 5.50. The van der Waals surface area contributed by atoms with E-state index in [9.17, 15) is 14.6 Å². The number of aliphatic hydroxyl groups excluding tert-OH is 1. The van der Waals surface area contributed by atoms with Crippen molar-refractivity contribution in [3.8, 4) is 5.06 Å². The van der Waals surface area contributed by atoms with E-state index >= 15 is 0 Å². The Morgan fingerprint density at radius 3 is 2.62 bits per heavy atom. The van der Waals surface area contributed by atoms with Gasteiger partial charge >= 0.3 is 0 Å². The van der Waals surface area contributed by atoms with Crippen LogP contribution in [0.1, 0.15) is 22.4 Å². The minimum Gasteiger partial charge on any atom is -0.498 e. The third kappa shape index (κ3) is 1.91. The van der Waals surface area contributed by atoms with Gasteiger partial charge in [-0.05, 0) is 13.0 Å². The van der Waals surface area contributed by atoms with Crippen LogP contribution in [0.3, 0.4) is 0 Å². The van der Waals surface area contributed by atoms with Gasteiger partial charge in [0.05, 0.1) is 5.69 Å². The van der Waals surface area contributed by atoms with Crippen LogP contribution < -0.4 is 0 Å². The molecule has 5 heteroatoms. The lowest BCUT2D eigenvalue weighted by Gasteiger charge is -2.08. The van der Waals surface area contributed by atoms with E-state index in [1.807, 2.05) is 0 Å². The van der Waals surface area contributed by atoms with E-state index < -0.39 is 11.9 Å². The monoisotopic (exact) mass is 239 g/mol. The van der Waals surface area contributed by atoms with E-state index in [-0.39, 0.29) is 10.6 Å². The lowest BCUT2D eigenvalue weighted by molar-refractivity contribution is 0.214. The fraction of sp³-hybridized carbons (Fsp3) is 0.182. The zero-order valence-electron chi connectivity index (χ0n) is 8.51. The van der Waals surface area contributed by atoms with Crippen LogP contribution >= 0.6 is 11.3 Å². The Morgan fingerprint density at radius 2 is 2.06 bits per heavy atom. The SMILES string of the molecule is Cc1nc(C(O)c2ccccc2F)sc1O. The maximum Gasteiger partial charge on any atom is 0.194 e. The second kappa shape index (κ2) is 4.19. The van der Waals surface area contributed by atoms with E-state index in [4.69, 9.17) is 0 Å². The van der Waals surface area contributed by atoms with Crippen molar-refractivity contribution >= 4 is 11.3 Å². The highest BCUT2D eigenvalue weighted by atomic mass is 32.1. The summed E-state index contributed by atoms with van der Waals surface area (Å²) >= 11 is 0.954. The Bertz CT molecular complexity index is 493. The molecule has 0 saturated heterocycles. The number of aromatic hydroxyl groups is 1. The summed E-state index contributed by atoms with van der Waals surface area (Å²) in [7, 11) is 0. The fourth-order valence-corrected chi connectivity index (χ4v) is 2.17. The van der Waals surface area contributed by atoms with Crippen molar-refractivity contribution in [2.45, 2.75) is 13.0 Å². The number of aryl methyl sites for hydroxylation is 1. The van der Waals surface area contributed by atoms with Crippen molar-refractivity contribution < 1.29 is 14.6 Å². The quantitative estimate of drug-likeness (QED) is 0.846. The van der Waals surface area contributed by atoms with Gasteiger partial charge in [-0.15, -0.1) is 0 Å². The Balaban J connectivity index is 2.39. The average molecular weight is 239 g/mol. The first-order valence-electron chi connectivity index (χ1n) is 4.68. The first kappa shape index (κ1) is 11.0. The highest BCUT2D eigenvalue weighted by molar-refractivity contribution is 7.13. The molecule has 0 aliphatic carbocycles. The molecule has 0 fully saturated rings. The van der Waals surface area contributed by atoms with Crippen LogP contribution in [0.5, 0.6) is 5.06 Å². The van der Waals surface area contributed by atoms with Crippen molar-refractivity contribution in [1.82, 2.24) is 4.98 Å². The van der Waals surface area contributed by atoms with Gasteiger partial charge in [0.15, 0.2) is 5.06 Å². The summed E-state index contributed by atoms with van der Waals surface area (Å²) in [6.45, 7) is 1.63. The highest BCUT2D eigenvalue weighted by Crippen LogP contribution is 2.32. The summed E-state index contributed by atoms with van der Waals surface area (Å²) in [5.41, 5.74) is 0.603. The fourth-order valence-electron chi connectivity index (χ4n) is 1.36. The predicted molar refractivity (Wildman–Crippen MR) is 59.0 cm³/mol. The van der Waals surface area contributed by atoms with Crippen molar-refractivity contribution in [3.05, 3.63) is 46.3 Å². The lowest BCUT2D eigenvalue weighted by atomic mass is 10.1. The van der Waals surface area contributed by atoms with Crippen molar-refractivity contribution in [1.29, 1.82) is 0 Å². The van der Waals surface area contributed by atoms with Crippen LogP contribution in [-0.2, 0) is 0 Å². The lowest BCUT2D eigenvalue weighted by Crippen LogP contribution is -2.01. The maximum absolute atomic E-state index is 13.4. The molecule has 1 heterocycles. The number of hydrogen-bond acceptors (Lipinski definition) is 4. The molecule has 1 aromatic heterocycles. The average Bonchev–Trinajstić information content (AvgIpc) is 2.59. The topological polar surface area (TPSA) is 53.4 Å². The Hall–Kier alpha value is -1.46. The number of rotatable bonds is 2. The number of hydrogen-bond donors (Lipinski definition) is 2. The molecule has 0 aliphatic rings. The number of thiazole rings is 1. The van der Waals surface area contributed by atoms with Gasteiger partial charge in [-0.25, -0.2) is 9.37 Å². The van der Waals surface area contributed by atoms with Gasteiger partial charge < -0.3 is 10.2 Å². The van der Waals surface area contributed by atoms with Crippen molar-refractivity contribution in [2.75, 3.05) is 0 Å². The molecule has 3 nitrogen and oxygen atoms in total. The second-order valence-electron chi connectivity index (χ2n) is 3.37. The smallest absolute Gasteiger partial charge is 0.194 e. The molecule has 0 saturated carbocycles. The molecular weight excluding hydrogens is 229 g/mol. The third-order valence-electron chi connectivity index (χ3n) is 2.22. The van der Waals surface area contributed by atoms with Crippen LogP contribution in [0.4, 0.5) is 4.39 Å². The molecule has 84 valence electrons. The van der Waals surface area contributed by atoms with E-state index in [1.165, 1.54) is 12.1 Å². The molecule has 1 atom stereocenters. The molecule has 1 aromatic carbocycles.